The largest absolute Gasteiger partial charge is 0.456 e. The molecule has 0 saturated heterocycles. The van der Waals surface area contributed by atoms with Crippen LogP contribution in [0.3, 0.4) is 0 Å². The van der Waals surface area contributed by atoms with Crippen molar-refractivity contribution in [1.82, 2.24) is 15.0 Å². The Morgan fingerprint density at radius 1 is 0.490 bits per heavy atom. The minimum atomic E-state index is -1.85. The standard InChI is InChI=1S/C44H35N3OSi/c1-44(2)34-19-11-12-21-38(34)49(3,4)39-25-23-30(26-35(39)44)32-18-13-20-36-40(32)33-24-22-31(27-37(33)48-36)43-46-41(28-14-7-5-8-15-28)45-42(47-43)29-16-9-6-10-17-29/h5-27H,1-4H3. The highest BCUT2D eigenvalue weighted by Gasteiger charge is 2.42. The van der Waals surface area contributed by atoms with Crippen molar-refractivity contribution in [2.75, 3.05) is 0 Å². The molecule has 4 nitrogen and oxygen atoms in total. The van der Waals surface area contributed by atoms with Gasteiger partial charge in [0.05, 0.1) is 0 Å². The molecule has 0 unspecified atom stereocenters. The average Bonchev–Trinajstić information content (AvgIpc) is 3.53. The lowest BCUT2D eigenvalue weighted by Crippen LogP contribution is -2.61. The smallest absolute Gasteiger partial charge is 0.164 e. The molecule has 2 aromatic heterocycles. The van der Waals surface area contributed by atoms with E-state index in [1.165, 1.54) is 27.4 Å². The van der Waals surface area contributed by atoms with Crippen molar-refractivity contribution in [2.45, 2.75) is 32.4 Å². The van der Waals surface area contributed by atoms with Gasteiger partial charge in [0.25, 0.3) is 0 Å². The van der Waals surface area contributed by atoms with E-state index in [9.17, 15) is 0 Å². The van der Waals surface area contributed by atoms with Gasteiger partial charge < -0.3 is 4.42 Å². The van der Waals surface area contributed by atoms with Crippen molar-refractivity contribution >= 4 is 40.4 Å². The second-order valence-electron chi connectivity index (χ2n) is 14.1. The monoisotopic (exact) mass is 649 g/mol. The lowest BCUT2D eigenvalue weighted by Gasteiger charge is -2.43. The Morgan fingerprint density at radius 2 is 1.08 bits per heavy atom. The predicted octanol–water partition coefficient (Wildman–Crippen LogP) is 9.90. The van der Waals surface area contributed by atoms with Crippen LogP contribution in [0.4, 0.5) is 0 Å². The Kier molecular flexibility index (Phi) is 6.58. The van der Waals surface area contributed by atoms with Crippen LogP contribution in [0.25, 0.3) is 67.2 Å². The highest BCUT2D eigenvalue weighted by atomic mass is 28.3. The zero-order chi connectivity index (χ0) is 33.3. The highest BCUT2D eigenvalue weighted by molar-refractivity contribution is 7.01. The van der Waals surface area contributed by atoms with Gasteiger partial charge in [-0.05, 0) is 40.5 Å². The van der Waals surface area contributed by atoms with E-state index in [1.807, 2.05) is 60.7 Å². The van der Waals surface area contributed by atoms with E-state index >= 15 is 0 Å². The van der Waals surface area contributed by atoms with Crippen LogP contribution in [0, 0.1) is 0 Å². The Labute approximate surface area is 287 Å². The van der Waals surface area contributed by atoms with Crippen LogP contribution >= 0.6 is 0 Å². The molecule has 9 rings (SSSR count). The predicted molar refractivity (Wildman–Crippen MR) is 204 cm³/mol. The first-order valence-electron chi connectivity index (χ1n) is 16.9. The SMILES string of the molecule is CC1(C)c2ccccc2[Si](C)(C)c2ccc(-c3cccc4oc5cc(-c6nc(-c7ccccc7)nc(-c7ccccc7)n6)ccc5c34)cc21. The first-order valence-corrected chi connectivity index (χ1v) is 19.9. The summed E-state index contributed by atoms with van der Waals surface area (Å²) in [5.41, 5.74) is 9.65. The fraction of sp³-hybridized carbons (Fsp3) is 0.114. The van der Waals surface area contributed by atoms with Gasteiger partial charge >= 0.3 is 0 Å². The van der Waals surface area contributed by atoms with Gasteiger partial charge in [-0.25, -0.2) is 15.0 Å². The summed E-state index contributed by atoms with van der Waals surface area (Å²) in [5, 5.41) is 5.27. The minimum absolute atomic E-state index is 0.0898. The molecule has 1 aliphatic rings. The third-order valence-corrected chi connectivity index (χ3v) is 14.0. The summed E-state index contributed by atoms with van der Waals surface area (Å²) >= 11 is 0. The normalized spacial score (nSPS) is 14.4. The number of hydrogen-bond donors (Lipinski definition) is 0. The maximum Gasteiger partial charge on any atom is 0.164 e. The van der Waals surface area contributed by atoms with Gasteiger partial charge in [0.15, 0.2) is 17.5 Å². The van der Waals surface area contributed by atoms with Gasteiger partial charge in [-0.3, -0.25) is 0 Å². The summed E-state index contributed by atoms with van der Waals surface area (Å²) < 4.78 is 6.58. The van der Waals surface area contributed by atoms with E-state index in [0.29, 0.717) is 17.5 Å². The Hall–Kier alpha value is -5.65. The molecule has 1 aliphatic heterocycles. The van der Waals surface area contributed by atoms with Crippen LogP contribution in [-0.4, -0.2) is 23.0 Å². The maximum atomic E-state index is 6.58. The molecule has 0 bridgehead atoms. The number of benzene rings is 6. The van der Waals surface area contributed by atoms with Crippen molar-refractivity contribution in [1.29, 1.82) is 0 Å². The Morgan fingerprint density at radius 3 is 1.78 bits per heavy atom. The summed E-state index contributed by atoms with van der Waals surface area (Å²) in [5.74, 6) is 1.89. The summed E-state index contributed by atoms with van der Waals surface area (Å²) in [6.45, 7) is 9.72. The van der Waals surface area contributed by atoms with Crippen molar-refractivity contribution in [3.05, 3.63) is 151 Å². The molecule has 5 heteroatoms. The van der Waals surface area contributed by atoms with E-state index < -0.39 is 8.07 Å². The summed E-state index contributed by atoms with van der Waals surface area (Å²) in [6, 6.07) is 49.1. The van der Waals surface area contributed by atoms with Crippen molar-refractivity contribution in [3.8, 4) is 45.3 Å². The molecular weight excluding hydrogens is 615 g/mol. The van der Waals surface area contributed by atoms with Gasteiger partial charge in [0.2, 0.25) is 0 Å². The molecule has 0 N–H and O–H groups in total. The number of aromatic nitrogens is 3. The molecule has 0 amide bonds. The first-order chi connectivity index (χ1) is 23.8. The molecule has 0 spiro atoms. The summed E-state index contributed by atoms with van der Waals surface area (Å²) in [4.78, 5) is 14.8. The molecule has 0 atom stereocenters. The third-order valence-electron chi connectivity index (χ3n) is 10.4. The Balaban J connectivity index is 1.18. The fourth-order valence-corrected chi connectivity index (χ4v) is 11.2. The topological polar surface area (TPSA) is 51.8 Å². The van der Waals surface area contributed by atoms with Crippen LogP contribution in [0.5, 0.6) is 0 Å². The fourth-order valence-electron chi connectivity index (χ4n) is 7.78. The van der Waals surface area contributed by atoms with Gasteiger partial charge in [0.1, 0.15) is 19.2 Å². The molecule has 0 aliphatic carbocycles. The van der Waals surface area contributed by atoms with Crippen molar-refractivity contribution in [3.63, 3.8) is 0 Å². The number of rotatable bonds is 4. The van der Waals surface area contributed by atoms with E-state index in [2.05, 4.69) is 106 Å². The Bertz CT molecular complexity index is 2490. The van der Waals surface area contributed by atoms with Crippen LogP contribution in [0.1, 0.15) is 25.0 Å². The van der Waals surface area contributed by atoms with Gasteiger partial charge in [-0.1, -0.05) is 159 Å². The van der Waals surface area contributed by atoms with Gasteiger partial charge in [0, 0.05) is 32.9 Å². The van der Waals surface area contributed by atoms with Crippen LogP contribution < -0.4 is 10.4 Å². The molecule has 236 valence electrons. The summed E-state index contributed by atoms with van der Waals surface area (Å²) in [6.07, 6.45) is 0. The highest BCUT2D eigenvalue weighted by Crippen LogP contribution is 2.41. The van der Waals surface area contributed by atoms with Crippen LogP contribution in [0.15, 0.2) is 144 Å². The zero-order valence-electron chi connectivity index (χ0n) is 28.0. The van der Waals surface area contributed by atoms with Crippen LogP contribution in [0.2, 0.25) is 13.1 Å². The second-order valence-corrected chi connectivity index (χ2v) is 18.4. The lowest BCUT2D eigenvalue weighted by molar-refractivity contribution is 0.645. The molecule has 0 saturated carbocycles. The maximum absolute atomic E-state index is 6.58. The quantitative estimate of drug-likeness (QED) is 0.178. The van der Waals surface area contributed by atoms with Gasteiger partial charge in [-0.15, -0.1) is 0 Å². The number of furan rings is 1. The minimum Gasteiger partial charge on any atom is -0.456 e. The van der Waals surface area contributed by atoms with Crippen LogP contribution in [-0.2, 0) is 5.41 Å². The first kappa shape index (κ1) is 29.5. The molecule has 6 aromatic carbocycles. The van der Waals surface area contributed by atoms with Crippen molar-refractivity contribution < 1.29 is 4.42 Å². The average molecular weight is 650 g/mol. The van der Waals surface area contributed by atoms with Gasteiger partial charge in [-0.2, -0.15) is 0 Å². The zero-order valence-corrected chi connectivity index (χ0v) is 29.0. The van der Waals surface area contributed by atoms with E-state index in [1.54, 1.807) is 5.19 Å². The number of fused-ring (bicyclic) bond motifs is 5. The number of hydrogen-bond acceptors (Lipinski definition) is 4. The van der Waals surface area contributed by atoms with E-state index in [0.717, 1.165) is 38.6 Å². The third kappa shape index (κ3) is 4.68. The molecule has 8 aromatic rings. The van der Waals surface area contributed by atoms with Crippen molar-refractivity contribution in [2.24, 2.45) is 0 Å². The second kappa shape index (κ2) is 10.9. The molecule has 0 fully saturated rings. The summed E-state index contributed by atoms with van der Waals surface area (Å²) in [7, 11) is -1.85. The lowest BCUT2D eigenvalue weighted by atomic mass is 9.76. The number of nitrogens with zero attached hydrogens (tertiary/aromatic N) is 3. The molecule has 49 heavy (non-hydrogen) atoms. The van der Waals surface area contributed by atoms with E-state index in [-0.39, 0.29) is 5.41 Å². The van der Waals surface area contributed by atoms with E-state index in [4.69, 9.17) is 19.4 Å². The molecule has 0 radical (unpaired) electrons. The molecular formula is C44H35N3OSi. The molecule has 3 heterocycles.